The lowest BCUT2D eigenvalue weighted by Gasteiger charge is -2.35. The number of piperazine rings is 1. The van der Waals surface area contributed by atoms with Crippen LogP contribution in [0.3, 0.4) is 0 Å². The summed E-state index contributed by atoms with van der Waals surface area (Å²) in [5, 5.41) is 9.72. The maximum atomic E-state index is 12.4. The molecule has 2 aromatic rings. The maximum Gasteiger partial charge on any atom is 0.228 e. The Morgan fingerprint density at radius 1 is 1.30 bits per heavy atom. The fourth-order valence-corrected chi connectivity index (χ4v) is 2.95. The van der Waals surface area contributed by atoms with Crippen LogP contribution in [0.25, 0.3) is 5.65 Å². The van der Waals surface area contributed by atoms with Gasteiger partial charge in [-0.2, -0.15) is 0 Å². The lowest BCUT2D eigenvalue weighted by atomic mass is 10.2. The summed E-state index contributed by atoms with van der Waals surface area (Å²) in [5.74, 6) is 0.129. The molecule has 2 aromatic heterocycles. The van der Waals surface area contributed by atoms with Crippen LogP contribution in [0.15, 0.2) is 30.6 Å². The number of hydrogen-bond acceptors (Lipinski definition) is 4. The Balaban J connectivity index is 1.53. The van der Waals surface area contributed by atoms with Crippen LogP contribution in [-0.4, -0.2) is 69.0 Å². The molecule has 23 heavy (non-hydrogen) atoms. The van der Waals surface area contributed by atoms with Gasteiger partial charge in [-0.15, -0.1) is 0 Å². The van der Waals surface area contributed by atoms with Gasteiger partial charge in [0, 0.05) is 45.1 Å². The number of fused-ring (bicyclic) bond motifs is 1. The Labute approximate surface area is 136 Å². The van der Waals surface area contributed by atoms with Crippen molar-refractivity contribution in [3.05, 3.63) is 36.3 Å². The molecular weight excluding hydrogens is 292 g/mol. The van der Waals surface area contributed by atoms with Gasteiger partial charge >= 0.3 is 0 Å². The number of β-amino-alcohol motifs (C(OH)–C–C–N with tert-alkyl or cyclic N) is 1. The molecule has 1 atom stereocenters. The second-order valence-corrected chi connectivity index (χ2v) is 6.12. The van der Waals surface area contributed by atoms with Crippen LogP contribution in [0, 0.1) is 0 Å². The summed E-state index contributed by atoms with van der Waals surface area (Å²) < 4.78 is 1.94. The van der Waals surface area contributed by atoms with Crippen LogP contribution in [0.4, 0.5) is 0 Å². The van der Waals surface area contributed by atoms with Crippen LogP contribution in [0.1, 0.15) is 19.0 Å². The second-order valence-electron chi connectivity index (χ2n) is 6.12. The van der Waals surface area contributed by atoms with E-state index in [-0.39, 0.29) is 12.0 Å². The van der Waals surface area contributed by atoms with E-state index in [1.807, 2.05) is 46.8 Å². The third-order valence-corrected chi connectivity index (χ3v) is 4.41. The van der Waals surface area contributed by atoms with Gasteiger partial charge in [-0.25, -0.2) is 4.98 Å². The van der Waals surface area contributed by atoms with E-state index in [9.17, 15) is 9.90 Å². The molecule has 1 amide bonds. The highest BCUT2D eigenvalue weighted by atomic mass is 16.3. The first-order valence-electron chi connectivity index (χ1n) is 8.26. The van der Waals surface area contributed by atoms with Crippen molar-refractivity contribution in [1.82, 2.24) is 19.2 Å². The number of pyridine rings is 1. The normalized spacial score (nSPS) is 17.6. The third-order valence-electron chi connectivity index (χ3n) is 4.41. The zero-order chi connectivity index (χ0) is 16.2. The van der Waals surface area contributed by atoms with E-state index in [1.54, 1.807) is 0 Å². The first-order chi connectivity index (χ1) is 11.2. The Morgan fingerprint density at radius 3 is 2.78 bits per heavy atom. The van der Waals surface area contributed by atoms with Gasteiger partial charge in [-0.05, 0) is 18.6 Å². The van der Waals surface area contributed by atoms with Gasteiger partial charge in [0.05, 0.1) is 18.2 Å². The van der Waals surface area contributed by atoms with Crippen molar-refractivity contribution >= 4 is 11.6 Å². The van der Waals surface area contributed by atoms with E-state index < -0.39 is 0 Å². The van der Waals surface area contributed by atoms with Gasteiger partial charge in [0.1, 0.15) is 5.65 Å². The molecule has 6 heteroatoms. The molecule has 0 aliphatic carbocycles. The van der Waals surface area contributed by atoms with Crippen LogP contribution in [0.5, 0.6) is 0 Å². The predicted octanol–water partition coefficient (Wildman–Crippen LogP) is 0.792. The van der Waals surface area contributed by atoms with Crippen molar-refractivity contribution in [1.29, 1.82) is 0 Å². The average Bonchev–Trinajstić information content (AvgIpc) is 2.97. The monoisotopic (exact) mass is 316 g/mol. The van der Waals surface area contributed by atoms with Crippen LogP contribution in [0.2, 0.25) is 0 Å². The number of amides is 1. The van der Waals surface area contributed by atoms with Crippen molar-refractivity contribution in [2.45, 2.75) is 25.9 Å². The summed E-state index contributed by atoms with van der Waals surface area (Å²) >= 11 is 0. The fourth-order valence-electron chi connectivity index (χ4n) is 2.95. The smallest absolute Gasteiger partial charge is 0.228 e. The average molecular weight is 316 g/mol. The number of nitrogens with zero attached hydrogens (tertiary/aromatic N) is 4. The van der Waals surface area contributed by atoms with E-state index in [2.05, 4.69) is 9.88 Å². The Kier molecular flexibility index (Phi) is 4.93. The quantitative estimate of drug-likeness (QED) is 0.886. The van der Waals surface area contributed by atoms with Crippen molar-refractivity contribution in [2.75, 3.05) is 32.7 Å². The Bertz CT molecular complexity index is 628. The minimum atomic E-state index is -0.268. The van der Waals surface area contributed by atoms with Gasteiger partial charge in [0.25, 0.3) is 0 Å². The number of aliphatic hydroxyl groups is 1. The van der Waals surface area contributed by atoms with Gasteiger partial charge in [-0.1, -0.05) is 13.0 Å². The molecule has 3 heterocycles. The molecule has 0 radical (unpaired) electrons. The topological polar surface area (TPSA) is 61.1 Å². The van der Waals surface area contributed by atoms with E-state index in [4.69, 9.17) is 0 Å². The number of carbonyl (C=O) groups excluding carboxylic acids is 1. The first-order valence-corrected chi connectivity index (χ1v) is 8.26. The number of rotatable bonds is 5. The van der Waals surface area contributed by atoms with E-state index in [1.165, 1.54) is 0 Å². The number of aromatic nitrogens is 2. The van der Waals surface area contributed by atoms with Crippen LogP contribution in [-0.2, 0) is 11.2 Å². The third kappa shape index (κ3) is 3.89. The second kappa shape index (κ2) is 7.10. The van der Waals surface area contributed by atoms with Crippen molar-refractivity contribution < 1.29 is 9.90 Å². The molecule has 0 saturated carbocycles. The minimum Gasteiger partial charge on any atom is -0.392 e. The molecule has 0 unspecified atom stereocenters. The van der Waals surface area contributed by atoms with Gasteiger partial charge in [-0.3, -0.25) is 9.69 Å². The van der Waals surface area contributed by atoms with Crippen molar-refractivity contribution in [3.63, 3.8) is 0 Å². The zero-order valence-corrected chi connectivity index (χ0v) is 13.6. The number of aliphatic hydroxyl groups excluding tert-OH is 1. The summed E-state index contributed by atoms with van der Waals surface area (Å²) in [6.45, 7) is 5.79. The van der Waals surface area contributed by atoms with Gasteiger partial charge in [0.2, 0.25) is 5.91 Å². The maximum absolute atomic E-state index is 12.4. The largest absolute Gasteiger partial charge is 0.392 e. The summed E-state index contributed by atoms with van der Waals surface area (Å²) in [7, 11) is 0. The molecule has 1 N–H and O–H groups in total. The number of hydrogen-bond donors (Lipinski definition) is 1. The number of imidazole rings is 1. The van der Waals surface area contributed by atoms with Gasteiger partial charge in [0.15, 0.2) is 0 Å². The molecule has 6 nitrogen and oxygen atoms in total. The predicted molar refractivity (Wildman–Crippen MR) is 88.2 cm³/mol. The standard InChI is InChI=1S/C17H24N4O2/c1-2-15(22)13-19-7-9-20(10-8-19)17(23)11-14-12-21-6-4-3-5-16(21)18-14/h3-6,12,15,22H,2,7-11,13H2,1H3/t15-/m0/s1. The Hall–Kier alpha value is -1.92. The van der Waals surface area contributed by atoms with E-state index in [0.717, 1.165) is 43.9 Å². The molecule has 1 aliphatic heterocycles. The molecule has 0 spiro atoms. The molecule has 1 fully saturated rings. The Morgan fingerprint density at radius 2 is 2.09 bits per heavy atom. The molecular formula is C17H24N4O2. The molecule has 1 saturated heterocycles. The minimum absolute atomic E-state index is 0.129. The van der Waals surface area contributed by atoms with Crippen LogP contribution < -0.4 is 0 Å². The van der Waals surface area contributed by atoms with E-state index in [0.29, 0.717) is 13.0 Å². The SMILES string of the molecule is CC[C@H](O)CN1CCN(C(=O)Cc2cn3ccccc3n2)CC1. The molecule has 0 bridgehead atoms. The van der Waals surface area contributed by atoms with Crippen molar-refractivity contribution in [3.8, 4) is 0 Å². The van der Waals surface area contributed by atoms with Crippen LogP contribution >= 0.6 is 0 Å². The lowest BCUT2D eigenvalue weighted by Crippen LogP contribution is -2.50. The highest BCUT2D eigenvalue weighted by Gasteiger charge is 2.22. The summed E-state index contributed by atoms with van der Waals surface area (Å²) in [6, 6.07) is 5.83. The molecule has 3 rings (SSSR count). The summed E-state index contributed by atoms with van der Waals surface area (Å²) in [4.78, 5) is 21.0. The summed E-state index contributed by atoms with van der Waals surface area (Å²) in [6.07, 6.45) is 4.71. The molecule has 124 valence electrons. The summed E-state index contributed by atoms with van der Waals surface area (Å²) in [5.41, 5.74) is 1.68. The lowest BCUT2D eigenvalue weighted by molar-refractivity contribution is -0.132. The fraction of sp³-hybridized carbons (Fsp3) is 0.529. The molecule has 0 aromatic carbocycles. The highest BCUT2D eigenvalue weighted by Crippen LogP contribution is 2.09. The van der Waals surface area contributed by atoms with E-state index >= 15 is 0 Å². The zero-order valence-electron chi connectivity index (χ0n) is 13.6. The molecule has 1 aliphatic rings. The first kappa shape index (κ1) is 16.0. The van der Waals surface area contributed by atoms with Gasteiger partial charge < -0.3 is 14.4 Å². The van der Waals surface area contributed by atoms with Crippen molar-refractivity contribution in [2.24, 2.45) is 0 Å². The number of carbonyl (C=O) groups is 1. The highest BCUT2D eigenvalue weighted by molar-refractivity contribution is 5.78.